The largest absolute Gasteiger partial charge is 0.361 e. The molecule has 0 amide bonds. The zero-order valence-electron chi connectivity index (χ0n) is 11.0. The smallest absolute Gasteiger partial charge is 0.165 e. The van der Waals surface area contributed by atoms with Gasteiger partial charge in [-0.25, -0.2) is 15.0 Å². The van der Waals surface area contributed by atoms with Gasteiger partial charge in [-0.05, 0) is 0 Å². The van der Waals surface area contributed by atoms with E-state index in [0.29, 0.717) is 6.54 Å². The fraction of sp³-hybridized carbons (Fsp3) is 0.364. The molecule has 3 aromatic heterocycles. The molecule has 0 atom stereocenters. The highest BCUT2D eigenvalue weighted by atomic mass is 15.4. The Hall–Kier alpha value is -2.51. The molecule has 0 saturated carbocycles. The first kappa shape index (κ1) is 11.6. The van der Waals surface area contributed by atoms with Gasteiger partial charge in [-0.1, -0.05) is 5.21 Å². The van der Waals surface area contributed by atoms with Gasteiger partial charge in [-0.2, -0.15) is 0 Å². The minimum atomic E-state index is 0.629. The first-order chi connectivity index (χ1) is 9.16. The van der Waals surface area contributed by atoms with Crippen molar-refractivity contribution in [2.24, 2.45) is 7.05 Å². The molecule has 0 spiro atoms. The Kier molecular flexibility index (Phi) is 2.62. The van der Waals surface area contributed by atoms with Crippen LogP contribution in [-0.2, 0) is 13.6 Å². The van der Waals surface area contributed by atoms with Gasteiger partial charge in [-0.15, -0.1) is 5.10 Å². The highest BCUT2D eigenvalue weighted by molar-refractivity contribution is 5.83. The Morgan fingerprint density at radius 3 is 2.74 bits per heavy atom. The Balaban J connectivity index is 2.06. The average molecular weight is 258 g/mol. The molecule has 0 bridgehead atoms. The van der Waals surface area contributed by atoms with Crippen LogP contribution in [0.25, 0.3) is 11.2 Å². The Morgan fingerprint density at radius 2 is 2.05 bits per heavy atom. The van der Waals surface area contributed by atoms with E-state index in [0.717, 1.165) is 22.7 Å². The van der Waals surface area contributed by atoms with Gasteiger partial charge in [0.25, 0.3) is 0 Å². The summed E-state index contributed by atoms with van der Waals surface area (Å²) in [6.07, 6.45) is 5.05. The highest BCUT2D eigenvalue weighted by Crippen LogP contribution is 2.19. The van der Waals surface area contributed by atoms with Crippen molar-refractivity contribution < 1.29 is 0 Å². The molecule has 3 aromatic rings. The maximum absolute atomic E-state index is 4.40. The Bertz CT molecular complexity index is 710. The van der Waals surface area contributed by atoms with Gasteiger partial charge in [0.1, 0.15) is 6.33 Å². The van der Waals surface area contributed by atoms with Crippen LogP contribution in [0.3, 0.4) is 0 Å². The monoisotopic (exact) mass is 258 g/mol. The molecule has 0 unspecified atom stereocenters. The number of aromatic nitrogens is 7. The first-order valence-electron chi connectivity index (χ1n) is 5.83. The third-order valence-corrected chi connectivity index (χ3v) is 2.95. The molecule has 8 heteroatoms. The number of hydrogen-bond acceptors (Lipinski definition) is 6. The predicted octanol–water partition coefficient (Wildman–Crippen LogP) is 0.0691. The minimum absolute atomic E-state index is 0.629. The summed E-state index contributed by atoms with van der Waals surface area (Å²) in [6, 6.07) is 0. The van der Waals surface area contributed by atoms with E-state index in [1.807, 2.05) is 30.6 Å². The number of imidazole rings is 1. The van der Waals surface area contributed by atoms with Crippen LogP contribution in [0.15, 0.2) is 18.9 Å². The SMILES string of the molecule is CN(C)c1ncnc2c1ncn2Cc1cnnn1C. The van der Waals surface area contributed by atoms with E-state index in [1.165, 1.54) is 0 Å². The van der Waals surface area contributed by atoms with E-state index in [2.05, 4.69) is 25.3 Å². The van der Waals surface area contributed by atoms with Crippen molar-refractivity contribution in [3.05, 3.63) is 24.5 Å². The molecule has 3 rings (SSSR count). The third-order valence-electron chi connectivity index (χ3n) is 2.95. The van der Waals surface area contributed by atoms with Crippen LogP contribution in [0.5, 0.6) is 0 Å². The van der Waals surface area contributed by atoms with Crippen molar-refractivity contribution in [3.8, 4) is 0 Å². The molecule has 0 aliphatic rings. The third kappa shape index (κ3) is 1.90. The lowest BCUT2D eigenvalue weighted by Crippen LogP contribution is -2.12. The summed E-state index contributed by atoms with van der Waals surface area (Å²) in [7, 11) is 5.74. The summed E-state index contributed by atoms with van der Waals surface area (Å²) in [6.45, 7) is 0.629. The number of anilines is 1. The second kappa shape index (κ2) is 4.30. The molecule has 0 aliphatic heterocycles. The minimum Gasteiger partial charge on any atom is -0.361 e. The number of nitrogens with zero attached hydrogens (tertiary/aromatic N) is 8. The number of hydrogen-bond donors (Lipinski definition) is 0. The molecule has 0 fully saturated rings. The van der Waals surface area contributed by atoms with Crippen LogP contribution >= 0.6 is 0 Å². The van der Waals surface area contributed by atoms with E-state index in [9.17, 15) is 0 Å². The summed E-state index contributed by atoms with van der Waals surface area (Å²) in [4.78, 5) is 14.9. The van der Waals surface area contributed by atoms with Crippen molar-refractivity contribution in [1.82, 2.24) is 34.5 Å². The number of aryl methyl sites for hydroxylation is 1. The molecule has 0 radical (unpaired) electrons. The van der Waals surface area contributed by atoms with Gasteiger partial charge in [0, 0.05) is 21.1 Å². The van der Waals surface area contributed by atoms with Gasteiger partial charge >= 0.3 is 0 Å². The van der Waals surface area contributed by atoms with Crippen LogP contribution in [0.2, 0.25) is 0 Å². The van der Waals surface area contributed by atoms with E-state index in [-0.39, 0.29) is 0 Å². The van der Waals surface area contributed by atoms with Crippen molar-refractivity contribution in [3.63, 3.8) is 0 Å². The maximum Gasteiger partial charge on any atom is 0.165 e. The summed E-state index contributed by atoms with van der Waals surface area (Å²) in [5, 5.41) is 7.78. The summed E-state index contributed by atoms with van der Waals surface area (Å²) >= 11 is 0. The fourth-order valence-corrected chi connectivity index (χ4v) is 1.94. The van der Waals surface area contributed by atoms with Crippen molar-refractivity contribution in [1.29, 1.82) is 0 Å². The van der Waals surface area contributed by atoms with Crippen LogP contribution in [0.1, 0.15) is 5.69 Å². The Labute approximate surface area is 109 Å². The van der Waals surface area contributed by atoms with E-state index < -0.39 is 0 Å². The molecule has 0 aliphatic carbocycles. The number of fused-ring (bicyclic) bond motifs is 1. The van der Waals surface area contributed by atoms with Crippen LogP contribution in [0.4, 0.5) is 5.82 Å². The quantitative estimate of drug-likeness (QED) is 0.661. The molecule has 8 nitrogen and oxygen atoms in total. The highest BCUT2D eigenvalue weighted by Gasteiger charge is 2.12. The van der Waals surface area contributed by atoms with Crippen LogP contribution in [-0.4, -0.2) is 48.6 Å². The molecule has 0 saturated heterocycles. The molecule has 0 aromatic carbocycles. The van der Waals surface area contributed by atoms with Crippen molar-refractivity contribution >= 4 is 17.0 Å². The summed E-state index contributed by atoms with van der Waals surface area (Å²) < 4.78 is 3.70. The topological polar surface area (TPSA) is 77.6 Å². The average Bonchev–Trinajstić information content (AvgIpc) is 2.97. The second-order valence-electron chi connectivity index (χ2n) is 4.49. The van der Waals surface area contributed by atoms with Gasteiger partial charge in [0.15, 0.2) is 17.0 Å². The first-order valence-corrected chi connectivity index (χ1v) is 5.83. The summed E-state index contributed by atoms with van der Waals surface area (Å²) in [5.74, 6) is 0.812. The van der Waals surface area contributed by atoms with Crippen molar-refractivity contribution in [2.45, 2.75) is 6.54 Å². The molecular formula is C11H14N8. The van der Waals surface area contributed by atoms with Gasteiger partial charge in [-0.3, -0.25) is 4.68 Å². The van der Waals surface area contributed by atoms with Gasteiger partial charge < -0.3 is 9.47 Å². The molecule has 3 heterocycles. The lowest BCUT2D eigenvalue weighted by Gasteiger charge is -2.10. The lowest BCUT2D eigenvalue weighted by molar-refractivity contribution is 0.651. The van der Waals surface area contributed by atoms with Crippen LogP contribution < -0.4 is 4.90 Å². The lowest BCUT2D eigenvalue weighted by atomic mass is 10.4. The maximum atomic E-state index is 4.40. The molecule has 0 N–H and O–H groups in total. The van der Waals surface area contributed by atoms with Gasteiger partial charge in [0.05, 0.1) is 24.8 Å². The van der Waals surface area contributed by atoms with Gasteiger partial charge in [0.2, 0.25) is 0 Å². The molecular weight excluding hydrogens is 244 g/mol. The summed E-state index contributed by atoms with van der Waals surface area (Å²) in [5.41, 5.74) is 2.59. The molecule has 98 valence electrons. The van der Waals surface area contributed by atoms with E-state index in [1.54, 1.807) is 23.5 Å². The molecule has 19 heavy (non-hydrogen) atoms. The van der Waals surface area contributed by atoms with Crippen LogP contribution in [0, 0.1) is 0 Å². The second-order valence-corrected chi connectivity index (χ2v) is 4.49. The van der Waals surface area contributed by atoms with Crippen molar-refractivity contribution in [2.75, 3.05) is 19.0 Å². The Morgan fingerprint density at radius 1 is 1.21 bits per heavy atom. The predicted molar refractivity (Wildman–Crippen MR) is 69.8 cm³/mol. The fourth-order valence-electron chi connectivity index (χ4n) is 1.94. The normalized spacial score (nSPS) is 11.1. The standard InChI is InChI=1S/C11H14N8/c1-17(2)10-9-11(13-6-12-10)19(7-14-9)5-8-4-15-16-18(8)3/h4,6-7H,5H2,1-3H3. The zero-order chi connectivity index (χ0) is 13.4. The number of rotatable bonds is 3. The van der Waals surface area contributed by atoms with E-state index in [4.69, 9.17) is 0 Å². The van der Waals surface area contributed by atoms with E-state index >= 15 is 0 Å². The zero-order valence-corrected chi connectivity index (χ0v) is 11.0.